The fraction of sp³-hybridized carbons (Fsp3) is 0.769. The number of phenolic OH excluding ortho intramolecular Hbond substituents is 1. The van der Waals surface area contributed by atoms with Crippen molar-refractivity contribution in [3.05, 3.63) is 28.8 Å². The van der Waals surface area contributed by atoms with Gasteiger partial charge in [-0.15, -0.1) is 0 Å². The van der Waals surface area contributed by atoms with E-state index in [1.54, 1.807) is 5.56 Å². The summed E-state index contributed by atoms with van der Waals surface area (Å²) in [5, 5.41) is 13.6. The van der Waals surface area contributed by atoms with Gasteiger partial charge < -0.3 is 20.1 Å². The van der Waals surface area contributed by atoms with Crippen molar-refractivity contribution in [2.24, 2.45) is 23.2 Å². The van der Waals surface area contributed by atoms with E-state index in [0.29, 0.717) is 17.1 Å². The molecule has 168 valence electrons. The van der Waals surface area contributed by atoms with Gasteiger partial charge in [-0.05, 0) is 112 Å². The van der Waals surface area contributed by atoms with Crippen LogP contribution in [0.1, 0.15) is 68.1 Å². The Morgan fingerprint density at radius 2 is 2.00 bits per heavy atom. The SMILES string of the molecule is CNCc1cc2c(cc1O)CCC1C2CCC2(C)C(CCOCCN(C)C)CCC12. The molecule has 0 bridgehead atoms. The highest BCUT2D eigenvalue weighted by Gasteiger charge is 2.54. The molecule has 30 heavy (non-hydrogen) atoms. The quantitative estimate of drug-likeness (QED) is 0.613. The van der Waals surface area contributed by atoms with Crippen LogP contribution in [0.25, 0.3) is 0 Å². The summed E-state index contributed by atoms with van der Waals surface area (Å²) >= 11 is 0. The standard InChI is InChI=1S/C26H42N2O2/c1-26-11-9-21-22(7-5-18-16-25(29)19(17-27-2)15-23(18)21)24(26)8-6-20(26)10-13-30-14-12-28(3)4/h15-16,20-22,24,27,29H,5-14,17H2,1-4H3. The molecule has 1 aromatic rings. The normalized spacial score (nSPS) is 32.7. The molecule has 3 aliphatic carbocycles. The third-order valence-corrected chi connectivity index (χ3v) is 8.78. The maximum atomic E-state index is 10.4. The Bertz CT molecular complexity index is 734. The van der Waals surface area contributed by atoms with Crippen molar-refractivity contribution < 1.29 is 9.84 Å². The maximum Gasteiger partial charge on any atom is 0.120 e. The van der Waals surface area contributed by atoms with Crippen molar-refractivity contribution in [1.82, 2.24) is 10.2 Å². The predicted octanol–water partition coefficient (Wildman–Crippen LogP) is 4.55. The smallest absolute Gasteiger partial charge is 0.120 e. The fourth-order valence-electron chi connectivity index (χ4n) is 7.15. The first kappa shape index (κ1) is 22.1. The van der Waals surface area contributed by atoms with Gasteiger partial charge in [0, 0.05) is 25.3 Å². The summed E-state index contributed by atoms with van der Waals surface area (Å²) in [7, 11) is 6.17. The van der Waals surface area contributed by atoms with E-state index in [9.17, 15) is 5.11 Å². The zero-order chi connectivity index (χ0) is 21.3. The minimum absolute atomic E-state index is 0.470. The van der Waals surface area contributed by atoms with E-state index in [0.717, 1.165) is 56.0 Å². The molecule has 0 amide bonds. The first-order valence-corrected chi connectivity index (χ1v) is 12.2. The summed E-state index contributed by atoms with van der Waals surface area (Å²) in [5.74, 6) is 3.67. The number of nitrogens with one attached hydrogen (secondary N) is 1. The molecule has 4 nitrogen and oxygen atoms in total. The minimum atomic E-state index is 0.470. The topological polar surface area (TPSA) is 44.7 Å². The highest BCUT2D eigenvalue weighted by atomic mass is 16.5. The van der Waals surface area contributed by atoms with E-state index in [1.807, 2.05) is 7.05 Å². The number of hydrogen-bond acceptors (Lipinski definition) is 4. The monoisotopic (exact) mass is 414 g/mol. The van der Waals surface area contributed by atoms with Crippen LogP contribution < -0.4 is 5.32 Å². The van der Waals surface area contributed by atoms with E-state index in [4.69, 9.17) is 4.74 Å². The first-order valence-electron chi connectivity index (χ1n) is 12.2. The fourth-order valence-corrected chi connectivity index (χ4v) is 7.15. The summed E-state index contributed by atoms with van der Waals surface area (Å²) < 4.78 is 5.96. The van der Waals surface area contributed by atoms with E-state index in [2.05, 4.69) is 43.4 Å². The van der Waals surface area contributed by atoms with Gasteiger partial charge in [0.1, 0.15) is 5.75 Å². The molecule has 0 radical (unpaired) electrons. The second kappa shape index (κ2) is 9.18. The summed E-state index contributed by atoms with van der Waals surface area (Å²) in [4.78, 5) is 2.19. The lowest BCUT2D eigenvalue weighted by atomic mass is 9.54. The third-order valence-electron chi connectivity index (χ3n) is 8.78. The number of nitrogens with zero attached hydrogens (tertiary/aromatic N) is 1. The molecule has 0 heterocycles. The molecule has 0 aromatic heterocycles. The molecule has 5 atom stereocenters. The molecule has 2 fully saturated rings. The summed E-state index contributed by atoms with van der Waals surface area (Å²) in [6.45, 7) is 6.13. The van der Waals surface area contributed by atoms with E-state index in [-0.39, 0.29) is 0 Å². The number of aryl methyl sites for hydroxylation is 1. The number of rotatable bonds is 8. The van der Waals surface area contributed by atoms with Crippen LogP contribution in [0.5, 0.6) is 5.75 Å². The van der Waals surface area contributed by atoms with Crippen LogP contribution in [0.15, 0.2) is 12.1 Å². The summed E-state index contributed by atoms with van der Waals surface area (Å²) in [6, 6.07) is 4.39. The molecule has 2 saturated carbocycles. The molecule has 2 N–H and O–H groups in total. The number of aromatic hydroxyl groups is 1. The van der Waals surface area contributed by atoms with Gasteiger partial charge in [0.05, 0.1) is 6.61 Å². The second-order valence-corrected chi connectivity index (χ2v) is 10.6. The third kappa shape index (κ3) is 4.16. The molecular weight excluding hydrogens is 372 g/mol. The Balaban J connectivity index is 1.44. The lowest BCUT2D eigenvalue weighted by molar-refractivity contribution is 0.0132. The molecule has 4 rings (SSSR count). The average molecular weight is 415 g/mol. The Hall–Kier alpha value is -1.10. The Kier molecular flexibility index (Phi) is 6.76. The Morgan fingerprint density at radius 1 is 1.17 bits per heavy atom. The molecular formula is C26H42N2O2. The van der Waals surface area contributed by atoms with Crippen LogP contribution in [-0.4, -0.2) is 50.9 Å². The highest BCUT2D eigenvalue weighted by molar-refractivity contribution is 5.45. The molecule has 1 aromatic carbocycles. The zero-order valence-corrected chi connectivity index (χ0v) is 19.5. The van der Waals surface area contributed by atoms with Crippen molar-refractivity contribution in [3.8, 4) is 5.75 Å². The average Bonchev–Trinajstić information content (AvgIpc) is 3.04. The highest BCUT2D eigenvalue weighted by Crippen LogP contribution is 2.63. The zero-order valence-electron chi connectivity index (χ0n) is 19.5. The second-order valence-electron chi connectivity index (χ2n) is 10.6. The predicted molar refractivity (Wildman–Crippen MR) is 123 cm³/mol. The first-order chi connectivity index (χ1) is 14.4. The largest absolute Gasteiger partial charge is 0.508 e. The number of fused-ring (bicyclic) bond motifs is 5. The van der Waals surface area contributed by atoms with Gasteiger partial charge in [0.2, 0.25) is 0 Å². The lowest BCUT2D eigenvalue weighted by Crippen LogP contribution is -2.42. The van der Waals surface area contributed by atoms with Gasteiger partial charge in [0.25, 0.3) is 0 Å². The van der Waals surface area contributed by atoms with E-state index in [1.165, 1.54) is 44.1 Å². The number of ether oxygens (including phenoxy) is 1. The number of hydrogen-bond donors (Lipinski definition) is 2. The van der Waals surface area contributed by atoms with Gasteiger partial charge in [-0.25, -0.2) is 0 Å². The van der Waals surface area contributed by atoms with Gasteiger partial charge in [-0.2, -0.15) is 0 Å². The molecule has 0 spiro atoms. The van der Waals surface area contributed by atoms with Crippen molar-refractivity contribution >= 4 is 0 Å². The molecule has 0 saturated heterocycles. The van der Waals surface area contributed by atoms with Gasteiger partial charge in [-0.3, -0.25) is 0 Å². The summed E-state index contributed by atoms with van der Waals surface area (Å²) in [6.07, 6.45) is 9.11. The van der Waals surface area contributed by atoms with Crippen LogP contribution in [0.4, 0.5) is 0 Å². The van der Waals surface area contributed by atoms with Gasteiger partial charge >= 0.3 is 0 Å². The van der Waals surface area contributed by atoms with E-state index >= 15 is 0 Å². The van der Waals surface area contributed by atoms with Crippen LogP contribution in [0.2, 0.25) is 0 Å². The Labute approximate surface area is 183 Å². The lowest BCUT2D eigenvalue weighted by Gasteiger charge is -2.51. The van der Waals surface area contributed by atoms with Crippen LogP contribution in [0.3, 0.4) is 0 Å². The van der Waals surface area contributed by atoms with Crippen LogP contribution in [-0.2, 0) is 17.7 Å². The number of benzene rings is 1. The molecule has 5 unspecified atom stereocenters. The van der Waals surface area contributed by atoms with E-state index < -0.39 is 0 Å². The molecule has 4 heteroatoms. The van der Waals surface area contributed by atoms with Crippen LogP contribution in [0, 0.1) is 23.2 Å². The number of phenols is 1. The molecule has 0 aliphatic heterocycles. The molecule has 3 aliphatic rings. The van der Waals surface area contributed by atoms with Crippen molar-refractivity contribution in [2.45, 2.75) is 64.3 Å². The number of likely N-dealkylation sites (N-methyl/N-ethyl adjacent to an activating group) is 1. The van der Waals surface area contributed by atoms with Gasteiger partial charge in [0.15, 0.2) is 0 Å². The van der Waals surface area contributed by atoms with Crippen molar-refractivity contribution in [3.63, 3.8) is 0 Å². The van der Waals surface area contributed by atoms with Crippen molar-refractivity contribution in [1.29, 1.82) is 0 Å². The van der Waals surface area contributed by atoms with Crippen LogP contribution >= 0.6 is 0 Å². The maximum absolute atomic E-state index is 10.4. The van der Waals surface area contributed by atoms with Crippen molar-refractivity contribution in [2.75, 3.05) is 40.9 Å². The minimum Gasteiger partial charge on any atom is -0.508 e. The Morgan fingerprint density at radius 3 is 2.77 bits per heavy atom. The summed E-state index contributed by atoms with van der Waals surface area (Å²) in [5.41, 5.74) is 4.51. The van der Waals surface area contributed by atoms with Gasteiger partial charge in [-0.1, -0.05) is 13.0 Å².